The van der Waals surface area contributed by atoms with Crippen LogP contribution in [0.1, 0.15) is 64.0 Å². The molecule has 1 aliphatic heterocycles. The Morgan fingerprint density at radius 2 is 1.83 bits per heavy atom. The SMILES string of the molecule is CCCCCCC(=O)N(CCC(=O)Nc1nnc(-c2ccc3c(c2)OCO3)s1)C(C)c1ccccc1. The van der Waals surface area contributed by atoms with Crippen molar-refractivity contribution in [3.05, 3.63) is 54.1 Å². The molecule has 8 nitrogen and oxygen atoms in total. The van der Waals surface area contributed by atoms with E-state index in [4.69, 9.17) is 9.47 Å². The van der Waals surface area contributed by atoms with Crippen molar-refractivity contribution in [2.75, 3.05) is 18.7 Å². The molecule has 0 saturated carbocycles. The maximum absolute atomic E-state index is 13.1. The number of amides is 2. The van der Waals surface area contributed by atoms with Gasteiger partial charge in [0.2, 0.25) is 23.7 Å². The Morgan fingerprint density at radius 3 is 2.64 bits per heavy atom. The first-order valence-electron chi connectivity index (χ1n) is 12.4. The zero-order valence-corrected chi connectivity index (χ0v) is 21.6. The van der Waals surface area contributed by atoms with E-state index in [9.17, 15) is 9.59 Å². The average molecular weight is 509 g/mol. The van der Waals surface area contributed by atoms with Gasteiger partial charge < -0.3 is 19.7 Å². The molecule has 0 radical (unpaired) electrons. The van der Waals surface area contributed by atoms with Gasteiger partial charge in [0.25, 0.3) is 0 Å². The standard InChI is InChI=1S/C27H32N4O4S/c1-3-4-5-9-12-25(33)31(19(2)20-10-7-6-8-11-20)16-15-24(32)28-27-30-29-26(36-27)21-13-14-22-23(17-21)35-18-34-22/h6-8,10-11,13-14,17,19H,3-5,9,12,15-16,18H2,1-2H3,(H,28,30,32). The fourth-order valence-corrected chi connectivity index (χ4v) is 4.87. The molecule has 2 amide bonds. The third-order valence-corrected chi connectivity index (χ3v) is 7.07. The van der Waals surface area contributed by atoms with Crippen LogP contribution in [0.2, 0.25) is 0 Å². The van der Waals surface area contributed by atoms with E-state index in [1.807, 2.05) is 60.4 Å². The molecular formula is C27H32N4O4S. The second-order valence-electron chi connectivity index (χ2n) is 8.76. The van der Waals surface area contributed by atoms with Gasteiger partial charge in [0.15, 0.2) is 11.5 Å². The smallest absolute Gasteiger partial charge is 0.231 e. The lowest BCUT2D eigenvalue weighted by molar-refractivity contribution is -0.134. The summed E-state index contributed by atoms with van der Waals surface area (Å²) >= 11 is 1.29. The minimum absolute atomic E-state index is 0.0799. The molecule has 9 heteroatoms. The summed E-state index contributed by atoms with van der Waals surface area (Å²) in [5.74, 6) is 1.25. The van der Waals surface area contributed by atoms with Crippen LogP contribution in [0.5, 0.6) is 11.5 Å². The fraction of sp³-hybridized carbons (Fsp3) is 0.407. The number of aromatic nitrogens is 2. The van der Waals surface area contributed by atoms with Gasteiger partial charge in [-0.05, 0) is 37.1 Å². The van der Waals surface area contributed by atoms with Gasteiger partial charge in [-0.25, -0.2) is 0 Å². The highest BCUT2D eigenvalue weighted by molar-refractivity contribution is 7.18. The molecule has 1 aliphatic rings. The quantitative estimate of drug-likeness (QED) is 0.310. The topological polar surface area (TPSA) is 93.7 Å². The first kappa shape index (κ1) is 25.6. The highest BCUT2D eigenvalue weighted by Gasteiger charge is 2.22. The second kappa shape index (κ2) is 12.5. The minimum Gasteiger partial charge on any atom is -0.454 e. The summed E-state index contributed by atoms with van der Waals surface area (Å²) in [5, 5.41) is 12.2. The summed E-state index contributed by atoms with van der Waals surface area (Å²) in [7, 11) is 0. The first-order chi connectivity index (χ1) is 17.5. The number of anilines is 1. The minimum atomic E-state index is -0.201. The highest BCUT2D eigenvalue weighted by Crippen LogP contribution is 2.37. The summed E-state index contributed by atoms with van der Waals surface area (Å²) in [5.41, 5.74) is 1.89. The van der Waals surface area contributed by atoms with Crippen molar-refractivity contribution in [1.82, 2.24) is 15.1 Å². The maximum atomic E-state index is 13.1. The Kier molecular flexibility index (Phi) is 8.89. The van der Waals surface area contributed by atoms with Crippen LogP contribution in [0.3, 0.4) is 0 Å². The van der Waals surface area contributed by atoms with E-state index < -0.39 is 0 Å². The van der Waals surface area contributed by atoms with Crippen molar-refractivity contribution in [1.29, 1.82) is 0 Å². The van der Waals surface area contributed by atoms with Crippen molar-refractivity contribution in [3.8, 4) is 22.1 Å². The summed E-state index contributed by atoms with van der Waals surface area (Å²) in [6.07, 6.45) is 4.83. The van der Waals surface area contributed by atoms with Crippen molar-refractivity contribution in [2.45, 2.75) is 58.4 Å². The molecule has 0 saturated heterocycles. The lowest BCUT2D eigenvalue weighted by atomic mass is 10.1. The van der Waals surface area contributed by atoms with E-state index in [1.54, 1.807) is 0 Å². The van der Waals surface area contributed by atoms with Crippen LogP contribution in [0.15, 0.2) is 48.5 Å². The first-order valence-corrected chi connectivity index (χ1v) is 13.2. The zero-order chi connectivity index (χ0) is 25.3. The molecule has 1 aromatic heterocycles. The van der Waals surface area contributed by atoms with Gasteiger partial charge >= 0.3 is 0 Å². The zero-order valence-electron chi connectivity index (χ0n) is 20.7. The van der Waals surface area contributed by atoms with Crippen LogP contribution in [0, 0.1) is 0 Å². The molecule has 0 spiro atoms. The molecule has 1 atom stereocenters. The van der Waals surface area contributed by atoms with Gasteiger partial charge in [-0.2, -0.15) is 0 Å². The van der Waals surface area contributed by atoms with Gasteiger partial charge in [-0.15, -0.1) is 10.2 Å². The predicted molar refractivity (Wildman–Crippen MR) is 140 cm³/mol. The Labute approximate surface area is 215 Å². The van der Waals surface area contributed by atoms with Crippen LogP contribution >= 0.6 is 11.3 Å². The molecule has 0 aliphatic carbocycles. The van der Waals surface area contributed by atoms with E-state index in [0.29, 0.717) is 34.6 Å². The number of unbranched alkanes of at least 4 members (excludes halogenated alkanes) is 3. The average Bonchev–Trinajstić information content (AvgIpc) is 3.56. The number of nitrogens with zero attached hydrogens (tertiary/aromatic N) is 3. The van der Waals surface area contributed by atoms with Crippen LogP contribution < -0.4 is 14.8 Å². The van der Waals surface area contributed by atoms with Crippen molar-refractivity contribution < 1.29 is 19.1 Å². The van der Waals surface area contributed by atoms with E-state index >= 15 is 0 Å². The molecule has 190 valence electrons. The van der Waals surface area contributed by atoms with Gasteiger partial charge in [0.1, 0.15) is 5.01 Å². The summed E-state index contributed by atoms with van der Waals surface area (Å²) < 4.78 is 10.8. The summed E-state index contributed by atoms with van der Waals surface area (Å²) in [6, 6.07) is 15.4. The third kappa shape index (κ3) is 6.60. The third-order valence-electron chi connectivity index (χ3n) is 6.18. The lowest BCUT2D eigenvalue weighted by Gasteiger charge is -2.29. The summed E-state index contributed by atoms with van der Waals surface area (Å²) in [4.78, 5) is 27.7. The number of carbonyl (C=O) groups excluding carboxylic acids is 2. The molecule has 0 fully saturated rings. The van der Waals surface area contributed by atoms with Crippen molar-refractivity contribution >= 4 is 28.3 Å². The monoisotopic (exact) mass is 508 g/mol. The molecule has 2 heterocycles. The molecule has 2 aromatic carbocycles. The van der Waals surface area contributed by atoms with E-state index in [1.165, 1.54) is 11.3 Å². The van der Waals surface area contributed by atoms with Gasteiger partial charge in [0, 0.05) is 24.9 Å². The number of carbonyl (C=O) groups is 2. The molecular weight excluding hydrogens is 476 g/mol. The number of hydrogen-bond donors (Lipinski definition) is 1. The molecule has 36 heavy (non-hydrogen) atoms. The molecule has 1 N–H and O–H groups in total. The molecule has 0 bridgehead atoms. The molecule has 4 rings (SSSR count). The van der Waals surface area contributed by atoms with Crippen molar-refractivity contribution in [2.24, 2.45) is 0 Å². The fourth-order valence-electron chi connectivity index (χ4n) is 4.12. The van der Waals surface area contributed by atoms with Crippen LogP contribution in [-0.4, -0.2) is 40.2 Å². The Hall–Kier alpha value is -3.46. The van der Waals surface area contributed by atoms with Crippen LogP contribution in [0.25, 0.3) is 10.6 Å². The largest absolute Gasteiger partial charge is 0.454 e. The highest BCUT2D eigenvalue weighted by atomic mass is 32.1. The second-order valence-corrected chi connectivity index (χ2v) is 9.74. The number of nitrogens with one attached hydrogen (secondary N) is 1. The lowest BCUT2D eigenvalue weighted by Crippen LogP contribution is -2.36. The number of fused-ring (bicyclic) bond motifs is 1. The van der Waals surface area contributed by atoms with Crippen molar-refractivity contribution in [3.63, 3.8) is 0 Å². The number of ether oxygens (including phenoxy) is 2. The van der Waals surface area contributed by atoms with Gasteiger partial charge in [0.05, 0.1) is 6.04 Å². The van der Waals surface area contributed by atoms with Crippen LogP contribution in [-0.2, 0) is 9.59 Å². The summed E-state index contributed by atoms with van der Waals surface area (Å²) in [6.45, 7) is 4.71. The number of hydrogen-bond acceptors (Lipinski definition) is 7. The van der Waals surface area contributed by atoms with Crippen LogP contribution in [0.4, 0.5) is 5.13 Å². The Bertz CT molecular complexity index is 1170. The Balaban J connectivity index is 1.36. The Morgan fingerprint density at radius 1 is 1.03 bits per heavy atom. The van der Waals surface area contributed by atoms with Gasteiger partial charge in [-0.1, -0.05) is 67.9 Å². The normalized spacial score (nSPS) is 12.8. The number of rotatable bonds is 12. The molecule has 3 aromatic rings. The van der Waals surface area contributed by atoms with E-state index in [2.05, 4.69) is 22.4 Å². The van der Waals surface area contributed by atoms with E-state index in [-0.39, 0.29) is 31.1 Å². The van der Waals surface area contributed by atoms with E-state index in [0.717, 1.165) is 36.8 Å². The van der Waals surface area contributed by atoms with Gasteiger partial charge in [-0.3, -0.25) is 9.59 Å². The maximum Gasteiger partial charge on any atom is 0.231 e. The predicted octanol–water partition coefficient (Wildman–Crippen LogP) is 5.82. The number of benzene rings is 2. The molecule has 1 unspecified atom stereocenters.